The molecule has 0 bridgehead atoms. The quantitative estimate of drug-likeness (QED) is 0.161. The maximum atomic E-state index is 11.1. The number of hydrogen-bond donors (Lipinski definition) is 7. The Morgan fingerprint density at radius 1 is 0.850 bits per heavy atom. The number of benzene rings is 2. The van der Waals surface area contributed by atoms with Gasteiger partial charge in [-0.05, 0) is 35.4 Å². The Labute approximate surface area is 231 Å². The average molecular weight is 569 g/mol. The van der Waals surface area contributed by atoms with Crippen molar-refractivity contribution < 1.29 is 64.2 Å². The standard InChI is InChI=1S/C27H36O13/c1-35-17-11-15(6-7-16(17)39-27-25(34)24(33)23(32)21(13-30)40-27)22(31)20(12-29)38-26-18(36-2)9-14(5-4-8-28)10-19(26)37-3/h4-7,9-11,20-25,27-34H,8,12-13H2,1-3H3/b5-4+/t20?,21-,22?,23-,24-,25-,27-/m1/s1. The summed E-state index contributed by atoms with van der Waals surface area (Å²) in [6.45, 7) is -1.37. The molecule has 1 aliphatic rings. The SMILES string of the molecule is COc1cc(C(O)C(CO)Oc2c(OC)cc(/C=C/CO)cc2OC)ccc1O[C@@H]1O[C@H](CO)[C@@H](O)[C@@H](O)[C@H]1O. The van der Waals surface area contributed by atoms with Gasteiger partial charge in [0.1, 0.15) is 30.5 Å². The van der Waals surface area contributed by atoms with E-state index in [1.165, 1.54) is 45.6 Å². The van der Waals surface area contributed by atoms with Crippen LogP contribution in [-0.4, -0.2) is 114 Å². The molecule has 7 atom stereocenters. The van der Waals surface area contributed by atoms with E-state index in [0.717, 1.165) is 0 Å². The van der Waals surface area contributed by atoms with E-state index in [-0.39, 0.29) is 40.9 Å². The lowest BCUT2D eigenvalue weighted by atomic mass is 9.99. The highest BCUT2D eigenvalue weighted by Crippen LogP contribution is 2.41. The third kappa shape index (κ3) is 6.95. The Hall–Kier alpha value is -3.14. The first-order valence-corrected chi connectivity index (χ1v) is 12.4. The van der Waals surface area contributed by atoms with Gasteiger partial charge in [0, 0.05) is 0 Å². The molecule has 0 saturated carbocycles. The Kier molecular flexibility index (Phi) is 11.4. The molecule has 0 aromatic heterocycles. The van der Waals surface area contributed by atoms with Crippen molar-refractivity contribution in [3.05, 3.63) is 47.5 Å². The van der Waals surface area contributed by atoms with Crippen LogP contribution in [0, 0.1) is 0 Å². The van der Waals surface area contributed by atoms with E-state index in [2.05, 4.69) is 0 Å². The predicted molar refractivity (Wildman–Crippen MR) is 140 cm³/mol. The van der Waals surface area contributed by atoms with Gasteiger partial charge in [0.15, 0.2) is 29.1 Å². The van der Waals surface area contributed by atoms with Crippen molar-refractivity contribution in [2.24, 2.45) is 0 Å². The van der Waals surface area contributed by atoms with E-state index in [0.29, 0.717) is 5.56 Å². The molecule has 0 aliphatic carbocycles. The van der Waals surface area contributed by atoms with Gasteiger partial charge >= 0.3 is 0 Å². The van der Waals surface area contributed by atoms with Crippen molar-refractivity contribution in [1.82, 2.24) is 0 Å². The molecule has 2 aromatic carbocycles. The van der Waals surface area contributed by atoms with Crippen molar-refractivity contribution in [1.29, 1.82) is 0 Å². The van der Waals surface area contributed by atoms with E-state index in [9.17, 15) is 30.6 Å². The van der Waals surface area contributed by atoms with E-state index in [1.807, 2.05) is 0 Å². The number of ether oxygens (including phenoxy) is 6. The van der Waals surface area contributed by atoms with Crippen molar-refractivity contribution >= 4 is 6.08 Å². The zero-order valence-electron chi connectivity index (χ0n) is 22.3. The molecule has 1 saturated heterocycles. The summed E-state index contributed by atoms with van der Waals surface area (Å²) in [5.41, 5.74) is 0.938. The molecule has 0 radical (unpaired) electrons. The average Bonchev–Trinajstić information content (AvgIpc) is 2.98. The number of aliphatic hydroxyl groups excluding tert-OH is 7. The molecule has 1 aliphatic heterocycles. The topological polar surface area (TPSA) is 197 Å². The van der Waals surface area contributed by atoms with Crippen molar-refractivity contribution in [2.75, 3.05) is 41.2 Å². The van der Waals surface area contributed by atoms with Crippen molar-refractivity contribution in [3.63, 3.8) is 0 Å². The van der Waals surface area contributed by atoms with E-state index >= 15 is 0 Å². The highest BCUT2D eigenvalue weighted by atomic mass is 16.7. The first kappa shape index (κ1) is 31.4. The maximum Gasteiger partial charge on any atom is 0.229 e. The molecule has 0 amide bonds. The monoisotopic (exact) mass is 568 g/mol. The summed E-state index contributed by atoms with van der Waals surface area (Å²) >= 11 is 0. The van der Waals surface area contributed by atoms with Gasteiger partial charge in [-0.3, -0.25) is 0 Å². The van der Waals surface area contributed by atoms with Crippen molar-refractivity contribution in [2.45, 2.75) is 42.9 Å². The number of aliphatic hydroxyl groups is 7. The molecule has 2 aromatic rings. The third-order valence-electron chi connectivity index (χ3n) is 6.32. The van der Waals surface area contributed by atoms with E-state index in [4.69, 9.17) is 33.5 Å². The molecule has 40 heavy (non-hydrogen) atoms. The second kappa shape index (κ2) is 14.5. The Bertz CT molecular complexity index is 1100. The molecule has 7 N–H and O–H groups in total. The van der Waals surface area contributed by atoms with Crippen LogP contribution in [0.4, 0.5) is 0 Å². The van der Waals surface area contributed by atoms with Gasteiger partial charge in [-0.2, -0.15) is 0 Å². The third-order valence-corrected chi connectivity index (χ3v) is 6.32. The number of hydrogen-bond acceptors (Lipinski definition) is 13. The highest BCUT2D eigenvalue weighted by molar-refractivity contribution is 5.62. The molecule has 1 fully saturated rings. The van der Waals surface area contributed by atoms with Crippen LogP contribution in [-0.2, 0) is 4.74 Å². The molecule has 2 unspecified atom stereocenters. The summed E-state index contributed by atoms with van der Waals surface area (Å²) in [4.78, 5) is 0. The van der Waals surface area contributed by atoms with Crippen LogP contribution in [0.1, 0.15) is 17.2 Å². The van der Waals surface area contributed by atoms with E-state index in [1.54, 1.807) is 18.2 Å². The molecule has 3 rings (SSSR count). The highest BCUT2D eigenvalue weighted by Gasteiger charge is 2.45. The molecule has 13 heteroatoms. The molecular formula is C27H36O13. The largest absolute Gasteiger partial charge is 0.493 e. The van der Waals surface area contributed by atoms with Gasteiger partial charge in [0.25, 0.3) is 0 Å². The van der Waals surface area contributed by atoms with Crippen LogP contribution in [0.25, 0.3) is 6.08 Å². The normalized spacial score (nSPS) is 24.4. The first-order chi connectivity index (χ1) is 19.2. The summed E-state index contributed by atoms with van der Waals surface area (Å²) in [5.74, 6) is 0.852. The zero-order valence-corrected chi connectivity index (χ0v) is 22.3. The maximum absolute atomic E-state index is 11.1. The summed E-state index contributed by atoms with van der Waals surface area (Å²) in [5, 5.41) is 69.9. The van der Waals surface area contributed by atoms with Crippen LogP contribution in [0.2, 0.25) is 0 Å². The van der Waals surface area contributed by atoms with Gasteiger partial charge in [0.05, 0.1) is 41.2 Å². The van der Waals surface area contributed by atoms with Gasteiger partial charge in [0.2, 0.25) is 12.0 Å². The summed E-state index contributed by atoms with van der Waals surface area (Å²) in [6.07, 6.45) is -6.75. The lowest BCUT2D eigenvalue weighted by Crippen LogP contribution is -2.60. The molecular weight excluding hydrogens is 532 g/mol. The lowest BCUT2D eigenvalue weighted by molar-refractivity contribution is -0.277. The first-order valence-electron chi connectivity index (χ1n) is 12.4. The van der Waals surface area contributed by atoms with Crippen LogP contribution >= 0.6 is 0 Å². The fraction of sp³-hybridized carbons (Fsp3) is 0.481. The second-order valence-electron chi connectivity index (χ2n) is 8.85. The molecule has 222 valence electrons. The molecule has 0 spiro atoms. The van der Waals surface area contributed by atoms with Crippen molar-refractivity contribution in [3.8, 4) is 28.7 Å². The number of methoxy groups -OCH3 is 3. The Morgan fingerprint density at radius 3 is 2.05 bits per heavy atom. The number of rotatable bonds is 13. The summed E-state index contributed by atoms with van der Waals surface area (Å²) in [7, 11) is 4.18. The Morgan fingerprint density at radius 2 is 1.50 bits per heavy atom. The van der Waals surface area contributed by atoms with Crippen LogP contribution in [0.5, 0.6) is 28.7 Å². The van der Waals surface area contributed by atoms with Crippen LogP contribution in [0.15, 0.2) is 36.4 Å². The van der Waals surface area contributed by atoms with E-state index < -0.39 is 56.1 Å². The van der Waals surface area contributed by atoms with Gasteiger partial charge < -0.3 is 64.2 Å². The smallest absolute Gasteiger partial charge is 0.229 e. The summed E-state index contributed by atoms with van der Waals surface area (Å²) in [6, 6.07) is 7.58. The second-order valence-corrected chi connectivity index (χ2v) is 8.85. The zero-order chi connectivity index (χ0) is 29.4. The lowest BCUT2D eigenvalue weighted by Gasteiger charge is -2.39. The van der Waals surface area contributed by atoms with Gasteiger partial charge in [-0.1, -0.05) is 18.2 Å². The minimum absolute atomic E-state index is 0.0686. The van der Waals surface area contributed by atoms with Gasteiger partial charge in [-0.25, -0.2) is 0 Å². The molecule has 13 nitrogen and oxygen atoms in total. The fourth-order valence-corrected chi connectivity index (χ4v) is 4.12. The van der Waals surface area contributed by atoms with Crippen LogP contribution < -0.4 is 23.7 Å². The fourth-order valence-electron chi connectivity index (χ4n) is 4.12. The minimum atomic E-state index is -1.63. The van der Waals surface area contributed by atoms with Gasteiger partial charge in [-0.15, -0.1) is 0 Å². The predicted octanol–water partition coefficient (Wildman–Crippen LogP) is -0.630. The van der Waals surface area contributed by atoms with Crippen LogP contribution in [0.3, 0.4) is 0 Å². The minimum Gasteiger partial charge on any atom is -0.493 e. The summed E-state index contributed by atoms with van der Waals surface area (Å²) < 4.78 is 33.2. The Balaban J connectivity index is 1.84. The molecule has 1 heterocycles.